The molecule has 3 aliphatic rings. The van der Waals surface area contributed by atoms with E-state index in [0.29, 0.717) is 11.8 Å². The molecule has 0 aliphatic heterocycles. The van der Waals surface area contributed by atoms with E-state index < -0.39 is 5.97 Å². The fourth-order valence-corrected chi connectivity index (χ4v) is 3.97. The van der Waals surface area contributed by atoms with Crippen LogP contribution in [0.4, 0.5) is 0 Å². The number of rotatable bonds is 5. The number of aliphatic carboxylic acids is 1. The van der Waals surface area contributed by atoms with Crippen LogP contribution in [0, 0.1) is 17.8 Å². The normalized spacial score (nSPS) is 34.0. The molecule has 3 atom stereocenters. The Labute approximate surface area is 111 Å². The zero-order valence-electron chi connectivity index (χ0n) is 10.8. The molecule has 3 saturated carbocycles. The van der Waals surface area contributed by atoms with E-state index in [1.807, 2.05) is 4.68 Å². The predicted molar refractivity (Wildman–Crippen MR) is 65.4 cm³/mol. The third-order valence-electron chi connectivity index (χ3n) is 5.09. The van der Waals surface area contributed by atoms with E-state index in [0.717, 1.165) is 30.5 Å². The molecule has 6 heteroatoms. The summed E-state index contributed by atoms with van der Waals surface area (Å²) in [5.74, 6) is 2.67. The Bertz CT molecular complexity index is 500. The van der Waals surface area contributed by atoms with Crippen molar-refractivity contribution in [1.82, 2.24) is 20.2 Å². The molecular weight excluding hydrogens is 244 g/mol. The van der Waals surface area contributed by atoms with E-state index in [2.05, 4.69) is 15.5 Å². The van der Waals surface area contributed by atoms with Gasteiger partial charge in [-0.3, -0.25) is 4.79 Å². The van der Waals surface area contributed by atoms with E-state index in [1.165, 1.54) is 19.3 Å². The molecule has 1 N–H and O–H groups in total. The van der Waals surface area contributed by atoms with Crippen LogP contribution >= 0.6 is 0 Å². The maximum absolute atomic E-state index is 11.0. The molecule has 1 aromatic rings. The van der Waals surface area contributed by atoms with Gasteiger partial charge in [-0.1, -0.05) is 6.42 Å². The van der Waals surface area contributed by atoms with Gasteiger partial charge in [0.15, 0.2) is 5.82 Å². The molecular formula is C13H18N4O2. The summed E-state index contributed by atoms with van der Waals surface area (Å²) in [5.41, 5.74) is 0. The minimum atomic E-state index is -0.755. The molecule has 0 radical (unpaired) electrons. The minimum Gasteiger partial charge on any atom is -0.481 e. The Balaban J connectivity index is 1.60. The van der Waals surface area contributed by atoms with Crippen LogP contribution in [0.1, 0.15) is 56.3 Å². The number of aromatic nitrogens is 4. The van der Waals surface area contributed by atoms with Crippen LogP contribution in [0.5, 0.6) is 0 Å². The van der Waals surface area contributed by atoms with E-state index in [1.54, 1.807) is 0 Å². The molecule has 0 aromatic carbocycles. The third-order valence-corrected chi connectivity index (χ3v) is 5.09. The van der Waals surface area contributed by atoms with E-state index in [4.69, 9.17) is 5.11 Å². The van der Waals surface area contributed by atoms with Gasteiger partial charge < -0.3 is 5.11 Å². The zero-order valence-corrected chi connectivity index (χ0v) is 10.8. The van der Waals surface area contributed by atoms with Crippen LogP contribution < -0.4 is 0 Å². The first-order valence-electron chi connectivity index (χ1n) is 7.25. The van der Waals surface area contributed by atoms with Gasteiger partial charge in [0.05, 0.1) is 12.5 Å². The largest absolute Gasteiger partial charge is 0.481 e. The van der Waals surface area contributed by atoms with Crippen molar-refractivity contribution in [2.45, 2.75) is 50.5 Å². The topological polar surface area (TPSA) is 80.9 Å². The highest BCUT2D eigenvalue weighted by atomic mass is 16.4. The van der Waals surface area contributed by atoms with Gasteiger partial charge in [0.25, 0.3) is 0 Å². The number of hydrogen-bond acceptors (Lipinski definition) is 4. The highest BCUT2D eigenvalue weighted by Gasteiger charge is 2.56. The summed E-state index contributed by atoms with van der Waals surface area (Å²) in [5, 5.41) is 21.2. The first-order valence-corrected chi connectivity index (χ1v) is 7.25. The van der Waals surface area contributed by atoms with E-state index in [-0.39, 0.29) is 12.5 Å². The van der Waals surface area contributed by atoms with Crippen molar-refractivity contribution in [2.75, 3.05) is 0 Å². The third kappa shape index (κ3) is 1.84. The Kier molecular flexibility index (Phi) is 2.40. The lowest BCUT2D eigenvalue weighted by Gasteiger charge is -2.16. The average molecular weight is 262 g/mol. The number of hydrogen-bond donors (Lipinski definition) is 1. The maximum Gasteiger partial charge on any atom is 0.305 e. The molecule has 0 amide bonds. The van der Waals surface area contributed by atoms with Crippen molar-refractivity contribution in [3.05, 3.63) is 5.82 Å². The number of carbonyl (C=O) groups is 1. The highest BCUT2D eigenvalue weighted by Crippen LogP contribution is 2.63. The Hall–Kier alpha value is -1.46. The van der Waals surface area contributed by atoms with Gasteiger partial charge >= 0.3 is 5.97 Å². The standard InChI is InChI=1S/C13H18N4O2/c18-11(19)6-10(7-4-5-7)17-13(14-15-16-17)12-8-2-1-3-9(8)12/h7-10,12H,1-6H2,(H,18,19). The molecule has 1 aromatic heterocycles. The van der Waals surface area contributed by atoms with Crippen LogP contribution in [-0.2, 0) is 4.79 Å². The van der Waals surface area contributed by atoms with Gasteiger partial charge in [-0.15, -0.1) is 5.10 Å². The number of carboxylic acid groups (broad SMARTS) is 1. The van der Waals surface area contributed by atoms with Crippen molar-refractivity contribution < 1.29 is 9.90 Å². The van der Waals surface area contributed by atoms with E-state index in [9.17, 15) is 4.79 Å². The first kappa shape index (κ1) is 11.4. The van der Waals surface area contributed by atoms with Crippen LogP contribution in [-0.4, -0.2) is 31.3 Å². The summed E-state index contributed by atoms with van der Waals surface area (Å²) in [6, 6.07) is -0.0381. The molecule has 0 bridgehead atoms. The molecule has 4 rings (SSSR count). The molecule has 6 nitrogen and oxygen atoms in total. The van der Waals surface area contributed by atoms with Crippen molar-refractivity contribution in [2.24, 2.45) is 17.8 Å². The second kappa shape index (κ2) is 4.02. The van der Waals surface area contributed by atoms with Crippen molar-refractivity contribution in [3.63, 3.8) is 0 Å². The quantitative estimate of drug-likeness (QED) is 0.872. The fourth-order valence-electron chi connectivity index (χ4n) is 3.97. The molecule has 3 unspecified atom stereocenters. The summed E-state index contributed by atoms with van der Waals surface area (Å²) in [7, 11) is 0. The molecule has 0 saturated heterocycles. The summed E-state index contributed by atoms with van der Waals surface area (Å²) < 4.78 is 1.84. The Morgan fingerprint density at radius 1 is 1.32 bits per heavy atom. The lowest BCUT2D eigenvalue weighted by Crippen LogP contribution is -2.19. The van der Waals surface area contributed by atoms with Crippen molar-refractivity contribution in [3.8, 4) is 0 Å². The monoisotopic (exact) mass is 262 g/mol. The second-order valence-electron chi connectivity index (χ2n) is 6.27. The van der Waals surface area contributed by atoms with Crippen molar-refractivity contribution in [1.29, 1.82) is 0 Å². The van der Waals surface area contributed by atoms with Crippen LogP contribution in [0.2, 0.25) is 0 Å². The molecule has 3 fully saturated rings. The van der Waals surface area contributed by atoms with Crippen LogP contribution in [0.25, 0.3) is 0 Å². The van der Waals surface area contributed by atoms with Gasteiger partial charge in [-0.25, -0.2) is 4.68 Å². The van der Waals surface area contributed by atoms with Crippen molar-refractivity contribution >= 4 is 5.97 Å². The molecule has 0 spiro atoms. The number of carboxylic acids is 1. The summed E-state index contributed by atoms with van der Waals surface area (Å²) in [6.07, 6.45) is 6.26. The van der Waals surface area contributed by atoms with Gasteiger partial charge in [0, 0.05) is 5.92 Å². The lowest BCUT2D eigenvalue weighted by molar-refractivity contribution is -0.138. The summed E-state index contributed by atoms with van der Waals surface area (Å²) in [4.78, 5) is 11.0. The highest BCUT2D eigenvalue weighted by molar-refractivity contribution is 5.67. The van der Waals surface area contributed by atoms with E-state index >= 15 is 0 Å². The molecule has 19 heavy (non-hydrogen) atoms. The zero-order chi connectivity index (χ0) is 13.0. The minimum absolute atomic E-state index is 0.0381. The Morgan fingerprint density at radius 2 is 2.05 bits per heavy atom. The molecule has 3 aliphatic carbocycles. The second-order valence-corrected chi connectivity index (χ2v) is 6.27. The smallest absolute Gasteiger partial charge is 0.305 e. The fraction of sp³-hybridized carbons (Fsp3) is 0.846. The average Bonchev–Trinajstić information content (AvgIpc) is 3.23. The Morgan fingerprint density at radius 3 is 2.68 bits per heavy atom. The van der Waals surface area contributed by atoms with Gasteiger partial charge in [0.2, 0.25) is 0 Å². The number of tetrazole rings is 1. The predicted octanol–water partition coefficient (Wildman–Crippen LogP) is 1.61. The van der Waals surface area contributed by atoms with Gasteiger partial charge in [-0.2, -0.15) is 0 Å². The first-order chi connectivity index (χ1) is 9.25. The SMILES string of the molecule is O=C(O)CC(C1CC1)n1nnnc1C1C2CCCC21. The summed E-state index contributed by atoms with van der Waals surface area (Å²) >= 11 is 0. The molecule has 102 valence electrons. The van der Waals surface area contributed by atoms with Crippen LogP contribution in [0.15, 0.2) is 0 Å². The van der Waals surface area contributed by atoms with Gasteiger partial charge in [-0.05, 0) is 53.9 Å². The summed E-state index contributed by atoms with van der Waals surface area (Å²) in [6.45, 7) is 0. The number of nitrogens with zero attached hydrogens (tertiary/aromatic N) is 4. The number of fused-ring (bicyclic) bond motifs is 1. The maximum atomic E-state index is 11.0. The lowest BCUT2D eigenvalue weighted by atomic mass is 10.1. The van der Waals surface area contributed by atoms with Crippen LogP contribution in [0.3, 0.4) is 0 Å². The molecule has 1 heterocycles. The van der Waals surface area contributed by atoms with Gasteiger partial charge in [0.1, 0.15) is 0 Å².